The Kier molecular flexibility index (Phi) is 6.23. The first-order valence-corrected chi connectivity index (χ1v) is 10.3. The van der Waals surface area contributed by atoms with Crippen LogP contribution in [0.4, 0.5) is 0 Å². The van der Waals surface area contributed by atoms with Gasteiger partial charge in [0.1, 0.15) is 5.78 Å². The van der Waals surface area contributed by atoms with Gasteiger partial charge in [0.25, 0.3) is 0 Å². The maximum atomic E-state index is 12.5. The molecule has 1 aliphatic heterocycles. The lowest BCUT2D eigenvalue weighted by Gasteiger charge is -2.31. The lowest BCUT2D eigenvalue weighted by atomic mass is 9.83. The number of sulfonamides is 1. The summed E-state index contributed by atoms with van der Waals surface area (Å²) in [6.07, 6.45) is 12.0. The Hall–Kier alpha value is -0.420. The summed E-state index contributed by atoms with van der Waals surface area (Å²) in [4.78, 5) is 12.5. The number of hydrogen-bond donors (Lipinski definition) is 0. The van der Waals surface area contributed by atoms with Crippen LogP contribution in [0.1, 0.15) is 64.2 Å². The van der Waals surface area contributed by atoms with Crippen molar-refractivity contribution in [2.24, 2.45) is 11.8 Å². The van der Waals surface area contributed by atoms with Crippen LogP contribution in [0, 0.1) is 11.8 Å². The molecule has 0 N–H and O–H groups in total. The summed E-state index contributed by atoms with van der Waals surface area (Å²) in [5, 5.41) is 0. The van der Waals surface area contributed by atoms with Gasteiger partial charge in [0.05, 0.1) is 6.26 Å². The number of nitrogens with zero attached hydrogens (tertiary/aromatic N) is 1. The first-order chi connectivity index (χ1) is 9.97. The minimum absolute atomic E-state index is 0.228. The maximum absolute atomic E-state index is 12.5. The van der Waals surface area contributed by atoms with Crippen molar-refractivity contribution < 1.29 is 13.2 Å². The first kappa shape index (κ1) is 16.9. The number of Topliss-reactive ketones (excluding diaryl/α,β-unsaturated/α-hetero) is 1. The lowest BCUT2D eigenvalue weighted by molar-refractivity contribution is -0.124. The summed E-state index contributed by atoms with van der Waals surface area (Å²) in [6.45, 7) is 1.16. The fourth-order valence-electron chi connectivity index (χ4n) is 3.72. The highest BCUT2D eigenvalue weighted by Gasteiger charge is 2.29. The fraction of sp³-hybridized carbons (Fsp3) is 0.938. The molecule has 1 saturated carbocycles. The third-order valence-corrected chi connectivity index (χ3v) is 6.27. The Balaban J connectivity index is 1.86. The van der Waals surface area contributed by atoms with Crippen LogP contribution in [-0.4, -0.2) is 37.9 Å². The average Bonchev–Trinajstić information content (AvgIpc) is 2.37. The van der Waals surface area contributed by atoms with E-state index in [9.17, 15) is 13.2 Å². The summed E-state index contributed by atoms with van der Waals surface area (Å²) < 4.78 is 24.8. The zero-order valence-corrected chi connectivity index (χ0v) is 14.0. The van der Waals surface area contributed by atoms with Crippen LogP contribution in [0.5, 0.6) is 0 Å². The standard InChI is InChI=1S/C16H29NO3S/c1-21(19,20)17-11-7-8-14(13-17)12-16(18)15-9-5-3-2-4-6-10-15/h14-15H,2-13H2,1H3. The van der Waals surface area contributed by atoms with Gasteiger partial charge in [-0.25, -0.2) is 12.7 Å². The molecule has 0 amide bonds. The van der Waals surface area contributed by atoms with Crippen LogP contribution in [0.15, 0.2) is 0 Å². The third kappa shape index (κ3) is 5.37. The number of carbonyl (C=O) groups is 1. The smallest absolute Gasteiger partial charge is 0.211 e. The molecular weight excluding hydrogens is 286 g/mol. The van der Waals surface area contributed by atoms with Crippen molar-refractivity contribution in [3.63, 3.8) is 0 Å². The quantitative estimate of drug-likeness (QED) is 0.801. The molecular formula is C16H29NO3S. The summed E-state index contributed by atoms with van der Waals surface area (Å²) >= 11 is 0. The second-order valence-electron chi connectivity index (χ2n) is 6.84. The van der Waals surface area contributed by atoms with E-state index in [-0.39, 0.29) is 11.8 Å². The molecule has 0 spiro atoms. The van der Waals surface area contributed by atoms with Gasteiger partial charge in [-0.05, 0) is 31.6 Å². The Morgan fingerprint density at radius 3 is 2.24 bits per heavy atom. The van der Waals surface area contributed by atoms with Gasteiger partial charge in [-0.3, -0.25) is 4.79 Å². The van der Waals surface area contributed by atoms with Crippen LogP contribution in [0.25, 0.3) is 0 Å². The van der Waals surface area contributed by atoms with Gasteiger partial charge in [0.2, 0.25) is 10.0 Å². The van der Waals surface area contributed by atoms with Crippen LogP contribution in [0.3, 0.4) is 0 Å². The Bertz CT molecular complexity index is 438. The largest absolute Gasteiger partial charge is 0.299 e. The highest BCUT2D eigenvalue weighted by atomic mass is 32.2. The van der Waals surface area contributed by atoms with E-state index in [0.717, 1.165) is 25.7 Å². The Labute approximate surface area is 129 Å². The van der Waals surface area contributed by atoms with Crippen molar-refractivity contribution >= 4 is 15.8 Å². The minimum Gasteiger partial charge on any atom is -0.299 e. The summed E-state index contributed by atoms with van der Waals surface area (Å²) in [5.74, 6) is 0.850. The average molecular weight is 315 g/mol. The van der Waals surface area contributed by atoms with Crippen LogP contribution in [-0.2, 0) is 14.8 Å². The second kappa shape index (κ2) is 7.73. The molecule has 0 bridgehead atoms. The van der Waals surface area contributed by atoms with Crippen molar-refractivity contribution in [1.29, 1.82) is 0 Å². The van der Waals surface area contributed by atoms with E-state index in [1.165, 1.54) is 38.4 Å². The van der Waals surface area contributed by atoms with E-state index in [2.05, 4.69) is 0 Å². The molecule has 1 unspecified atom stereocenters. The van der Waals surface area contributed by atoms with E-state index >= 15 is 0 Å². The molecule has 0 radical (unpaired) electrons. The predicted molar refractivity (Wildman–Crippen MR) is 84.6 cm³/mol. The predicted octanol–water partition coefficient (Wildman–Crippen LogP) is 2.98. The molecule has 0 aromatic rings. The van der Waals surface area contributed by atoms with E-state index in [0.29, 0.717) is 25.3 Å². The second-order valence-corrected chi connectivity index (χ2v) is 8.82. The monoisotopic (exact) mass is 315 g/mol. The van der Waals surface area contributed by atoms with Crippen molar-refractivity contribution in [2.45, 2.75) is 64.2 Å². The van der Waals surface area contributed by atoms with Gasteiger partial charge in [-0.2, -0.15) is 0 Å². The van der Waals surface area contributed by atoms with Crippen LogP contribution < -0.4 is 0 Å². The van der Waals surface area contributed by atoms with Crippen molar-refractivity contribution in [3.05, 3.63) is 0 Å². The number of piperidine rings is 1. The topological polar surface area (TPSA) is 54.5 Å². The first-order valence-electron chi connectivity index (χ1n) is 8.44. The molecule has 1 saturated heterocycles. The normalized spacial score (nSPS) is 27.0. The van der Waals surface area contributed by atoms with Crippen LogP contribution >= 0.6 is 0 Å². The van der Waals surface area contributed by atoms with E-state index in [4.69, 9.17) is 0 Å². The molecule has 2 rings (SSSR count). The minimum atomic E-state index is -3.11. The third-order valence-electron chi connectivity index (χ3n) is 5.00. The summed E-state index contributed by atoms with van der Waals surface area (Å²) in [7, 11) is -3.11. The van der Waals surface area contributed by atoms with Crippen LogP contribution in [0.2, 0.25) is 0 Å². The van der Waals surface area contributed by atoms with Gasteiger partial charge in [0, 0.05) is 25.4 Å². The maximum Gasteiger partial charge on any atom is 0.211 e. The summed E-state index contributed by atoms with van der Waals surface area (Å²) in [6, 6.07) is 0. The molecule has 122 valence electrons. The Morgan fingerprint density at radius 1 is 1.00 bits per heavy atom. The molecule has 2 aliphatic rings. The highest BCUT2D eigenvalue weighted by molar-refractivity contribution is 7.88. The van der Waals surface area contributed by atoms with E-state index < -0.39 is 10.0 Å². The van der Waals surface area contributed by atoms with E-state index in [1.54, 1.807) is 4.31 Å². The molecule has 4 nitrogen and oxygen atoms in total. The van der Waals surface area contributed by atoms with Gasteiger partial charge < -0.3 is 0 Å². The van der Waals surface area contributed by atoms with E-state index in [1.807, 2.05) is 0 Å². The summed E-state index contributed by atoms with van der Waals surface area (Å²) in [5.41, 5.74) is 0. The van der Waals surface area contributed by atoms with Crippen molar-refractivity contribution in [1.82, 2.24) is 4.31 Å². The zero-order chi connectivity index (χ0) is 15.3. The molecule has 2 fully saturated rings. The molecule has 0 aromatic carbocycles. The molecule has 0 aromatic heterocycles. The highest BCUT2D eigenvalue weighted by Crippen LogP contribution is 2.28. The molecule has 1 heterocycles. The molecule has 1 aliphatic carbocycles. The van der Waals surface area contributed by atoms with Crippen molar-refractivity contribution in [3.8, 4) is 0 Å². The number of hydrogen-bond acceptors (Lipinski definition) is 3. The fourth-order valence-corrected chi connectivity index (χ4v) is 4.67. The molecule has 1 atom stereocenters. The van der Waals surface area contributed by atoms with Gasteiger partial charge >= 0.3 is 0 Å². The Morgan fingerprint density at radius 2 is 1.62 bits per heavy atom. The SMILES string of the molecule is CS(=O)(=O)N1CCCC(CC(=O)C2CCCCCCC2)C1. The molecule has 5 heteroatoms. The molecule has 21 heavy (non-hydrogen) atoms. The number of rotatable bonds is 4. The van der Waals surface area contributed by atoms with Gasteiger partial charge in [-0.15, -0.1) is 0 Å². The van der Waals surface area contributed by atoms with Gasteiger partial charge in [0.15, 0.2) is 0 Å². The lowest BCUT2D eigenvalue weighted by Crippen LogP contribution is -2.40. The number of ketones is 1. The zero-order valence-electron chi connectivity index (χ0n) is 13.2. The van der Waals surface area contributed by atoms with Gasteiger partial charge in [-0.1, -0.05) is 32.1 Å². The van der Waals surface area contributed by atoms with Crippen molar-refractivity contribution in [2.75, 3.05) is 19.3 Å². The number of carbonyl (C=O) groups excluding carboxylic acids is 1.